The number of aliphatic hydroxyl groups excluding tert-OH is 1. The number of fused-ring (bicyclic) bond motifs is 12. The lowest BCUT2D eigenvalue weighted by Crippen LogP contribution is -2.32. The fourth-order valence-electron chi connectivity index (χ4n) is 10.3. The van der Waals surface area contributed by atoms with Crippen molar-refractivity contribution in [1.29, 1.82) is 0 Å². The molecule has 7 heterocycles. The van der Waals surface area contributed by atoms with Gasteiger partial charge < -0.3 is 19.3 Å². The summed E-state index contributed by atoms with van der Waals surface area (Å²) in [4.78, 5) is 87.3. The van der Waals surface area contributed by atoms with Gasteiger partial charge in [0, 0.05) is 130 Å². The van der Waals surface area contributed by atoms with Gasteiger partial charge in [-0.3, -0.25) is 33.6 Å². The van der Waals surface area contributed by atoms with E-state index in [1.807, 2.05) is 103 Å². The number of Topliss-reactive ketones (excluding diaryl/α,β-unsaturated/α-hetero) is 6. The first-order chi connectivity index (χ1) is 41.9. The molecule has 16 rings (SSSR count). The molecule has 11 nitrogen and oxygen atoms in total. The molecule has 9 aromatic carbocycles. The summed E-state index contributed by atoms with van der Waals surface area (Å²) < 4.78 is 15.4. The Morgan fingerprint density at radius 1 is 0.430 bits per heavy atom. The molecule has 0 bridgehead atoms. The standard InChI is InChI=1S/3C13H10OS.C11H10O3S.C10H8O3S.C9H8O2S/c14-12-5-6-15-13-8-10-4-2-1-3-9(10)7-11(12)13;14-11-7-8-15-12-6-5-9-3-1-2-4-10(9)13(11)12;14-12-7-8-15-13-10-4-2-1-3-9(10)5-6-11(12)13;1-7(12)14-9-6-15-10-5-3-2-4-8(10)11(9)13;11-7-1-2-14-10-4-9-8(3-6(7)10)12-5-13-9;10-7-5-12-8-4-2-1-3-6(8)9(7)11/h1-4,7-8H,5-6H2;2*1-6H,7-8H2;2-5,9H,6H2,1H3;3-4H,1-2,5H2;1-4,7,10H,5H2. The lowest BCUT2D eigenvalue weighted by Gasteiger charge is -2.21. The van der Waals surface area contributed by atoms with E-state index in [0.29, 0.717) is 59.8 Å². The van der Waals surface area contributed by atoms with E-state index in [9.17, 15) is 38.7 Å². The molecule has 1 N–H and O–H groups in total. The Hall–Kier alpha value is -7.09. The molecule has 7 aliphatic rings. The summed E-state index contributed by atoms with van der Waals surface area (Å²) >= 11 is 10.2. The quantitative estimate of drug-likeness (QED) is 0.154. The van der Waals surface area contributed by atoms with Crippen LogP contribution in [0.15, 0.2) is 199 Å². The Labute approximate surface area is 522 Å². The van der Waals surface area contributed by atoms with Crippen LogP contribution in [-0.4, -0.2) is 99.3 Å². The normalized spacial score (nSPS) is 17.5. The predicted molar refractivity (Wildman–Crippen MR) is 348 cm³/mol. The smallest absolute Gasteiger partial charge is 0.303 e. The van der Waals surface area contributed by atoms with Crippen molar-refractivity contribution in [1.82, 2.24) is 0 Å². The Bertz CT molecular complexity index is 4120. The number of benzene rings is 9. The second-order valence-electron chi connectivity index (χ2n) is 20.3. The second-order valence-corrected chi connectivity index (χ2v) is 26.9. The molecule has 2 atom stereocenters. The van der Waals surface area contributed by atoms with Crippen LogP contribution in [0.3, 0.4) is 0 Å². The van der Waals surface area contributed by atoms with Crippen molar-refractivity contribution < 1.29 is 52.9 Å². The molecule has 0 aliphatic carbocycles. The summed E-state index contributed by atoms with van der Waals surface area (Å²) in [6.07, 6.45) is 1.21. The first kappa shape index (κ1) is 60.6. The number of carbonyl (C=O) groups is 7. The summed E-state index contributed by atoms with van der Waals surface area (Å²) in [5.41, 5.74) is 4.84. The fourth-order valence-corrected chi connectivity index (χ4v) is 16.7. The van der Waals surface area contributed by atoms with Gasteiger partial charge in [-0.05, 0) is 80.8 Å². The molecule has 0 amide bonds. The molecule has 0 aromatic heterocycles. The van der Waals surface area contributed by atoms with Crippen molar-refractivity contribution in [3.63, 3.8) is 0 Å². The molecule has 17 heteroatoms. The third-order valence-electron chi connectivity index (χ3n) is 14.6. The highest BCUT2D eigenvalue weighted by atomic mass is 32.2. The predicted octanol–water partition coefficient (Wildman–Crippen LogP) is 15.9. The monoisotopic (exact) mass is 1250 g/mol. The average Bonchev–Trinajstić information content (AvgIpc) is 3.63. The lowest BCUT2D eigenvalue weighted by atomic mass is 10.00. The minimum Gasteiger partial charge on any atom is -0.454 e. The van der Waals surface area contributed by atoms with E-state index in [4.69, 9.17) is 14.2 Å². The number of ketones is 6. The molecule has 0 saturated heterocycles. The van der Waals surface area contributed by atoms with Crippen molar-refractivity contribution in [3.05, 3.63) is 203 Å². The zero-order valence-corrected chi connectivity index (χ0v) is 51.5. The maximum absolute atomic E-state index is 11.9. The van der Waals surface area contributed by atoms with Crippen LogP contribution in [-0.2, 0) is 9.53 Å². The van der Waals surface area contributed by atoms with Crippen LogP contribution in [0.1, 0.15) is 94.8 Å². The van der Waals surface area contributed by atoms with Crippen molar-refractivity contribution >= 4 is 144 Å². The van der Waals surface area contributed by atoms with Gasteiger partial charge in [0.15, 0.2) is 46.5 Å². The summed E-state index contributed by atoms with van der Waals surface area (Å²) in [6, 6.07) is 55.3. The third kappa shape index (κ3) is 14.0. The van der Waals surface area contributed by atoms with Crippen LogP contribution >= 0.6 is 70.6 Å². The van der Waals surface area contributed by atoms with E-state index in [0.717, 1.165) is 91.7 Å². The first-order valence-corrected chi connectivity index (χ1v) is 33.8. The van der Waals surface area contributed by atoms with Crippen molar-refractivity contribution in [2.24, 2.45) is 0 Å². The number of esters is 1. The lowest BCUT2D eigenvalue weighted by molar-refractivity contribution is -0.143. The zero-order valence-electron chi connectivity index (χ0n) is 46.6. The molecule has 0 radical (unpaired) electrons. The van der Waals surface area contributed by atoms with E-state index in [-0.39, 0.29) is 35.7 Å². The Kier molecular flexibility index (Phi) is 19.8. The summed E-state index contributed by atoms with van der Waals surface area (Å²) in [7, 11) is 0. The van der Waals surface area contributed by atoms with Gasteiger partial charge in [0.2, 0.25) is 12.6 Å². The molecule has 0 spiro atoms. The van der Waals surface area contributed by atoms with Gasteiger partial charge in [-0.2, -0.15) is 0 Å². The van der Waals surface area contributed by atoms with E-state index in [1.54, 1.807) is 77.0 Å². The SMILES string of the molecule is CC(=O)OC1CSc2ccccc2C1=O.O=C1CCSc2c1ccc1ccccc21.O=C1CCSc2cc3c(cc21)OCO3.O=C1CCSc2cc3ccccc3cc21.O=C1CCSc2ccc3ccccc3c21.O=C1c2ccccc2SCC1O. The number of hydrogen-bond acceptors (Lipinski definition) is 17. The Balaban J connectivity index is 0.000000107. The largest absolute Gasteiger partial charge is 0.454 e. The number of aliphatic hydroxyl groups is 1. The summed E-state index contributed by atoms with van der Waals surface area (Å²) in [6.45, 7) is 1.58. The van der Waals surface area contributed by atoms with Crippen LogP contribution in [0.4, 0.5) is 0 Å². The molecular formula is C69H56O11S6. The van der Waals surface area contributed by atoms with Gasteiger partial charge in [-0.15, -0.1) is 70.6 Å². The summed E-state index contributed by atoms with van der Waals surface area (Å²) in [5.74, 6) is 6.48. The van der Waals surface area contributed by atoms with Crippen molar-refractivity contribution in [3.8, 4) is 11.5 Å². The number of thioether (sulfide) groups is 6. The number of hydrogen-bond donors (Lipinski definition) is 1. The number of rotatable bonds is 1. The molecule has 7 aliphatic heterocycles. The van der Waals surface area contributed by atoms with E-state index >= 15 is 0 Å². The maximum atomic E-state index is 11.9. The first-order valence-electron chi connectivity index (χ1n) is 27.9. The van der Waals surface area contributed by atoms with Crippen LogP contribution in [0.25, 0.3) is 32.3 Å². The molecule has 9 aromatic rings. The van der Waals surface area contributed by atoms with Crippen LogP contribution in [0.2, 0.25) is 0 Å². The van der Waals surface area contributed by atoms with Gasteiger partial charge in [0.25, 0.3) is 0 Å². The van der Waals surface area contributed by atoms with Gasteiger partial charge >= 0.3 is 5.97 Å². The molecule has 0 fully saturated rings. The van der Waals surface area contributed by atoms with Gasteiger partial charge in [0.1, 0.15) is 6.10 Å². The van der Waals surface area contributed by atoms with Gasteiger partial charge in [0.05, 0.1) is 0 Å². The maximum Gasteiger partial charge on any atom is 0.303 e. The minimum absolute atomic E-state index is 0.0976. The number of ether oxygens (including phenoxy) is 3. The minimum atomic E-state index is -0.815. The highest BCUT2D eigenvalue weighted by Gasteiger charge is 2.31. The highest BCUT2D eigenvalue weighted by Crippen LogP contribution is 2.42. The van der Waals surface area contributed by atoms with E-state index in [2.05, 4.69) is 48.5 Å². The van der Waals surface area contributed by atoms with Gasteiger partial charge in [-0.1, -0.05) is 121 Å². The third-order valence-corrected chi connectivity index (χ3v) is 21.2. The molecule has 434 valence electrons. The van der Waals surface area contributed by atoms with Crippen LogP contribution in [0, 0.1) is 0 Å². The number of carbonyl (C=O) groups excluding carboxylic acids is 7. The van der Waals surface area contributed by atoms with E-state index < -0.39 is 18.2 Å². The topological polar surface area (TPSA) is 167 Å². The highest BCUT2D eigenvalue weighted by molar-refractivity contribution is 8.00. The molecule has 2 unspecified atom stereocenters. The van der Waals surface area contributed by atoms with Crippen molar-refractivity contribution in [2.75, 3.05) is 41.3 Å². The van der Waals surface area contributed by atoms with Gasteiger partial charge in [-0.25, -0.2) is 0 Å². The molecule has 86 heavy (non-hydrogen) atoms. The Morgan fingerprint density at radius 3 is 1.59 bits per heavy atom. The molecule has 0 saturated carbocycles. The van der Waals surface area contributed by atoms with Crippen LogP contribution in [0.5, 0.6) is 11.5 Å². The average molecular weight is 1250 g/mol. The second kappa shape index (κ2) is 28.2. The molecular weight excluding hydrogens is 1200 g/mol. The van der Waals surface area contributed by atoms with E-state index in [1.165, 1.54) is 39.7 Å². The Morgan fingerprint density at radius 2 is 0.919 bits per heavy atom. The van der Waals surface area contributed by atoms with Crippen LogP contribution < -0.4 is 9.47 Å². The zero-order chi connectivity index (χ0) is 59.7. The van der Waals surface area contributed by atoms with Crippen molar-refractivity contribution in [2.45, 2.75) is 74.2 Å². The fraction of sp³-hybridized carbons (Fsp3) is 0.203. The summed E-state index contributed by atoms with van der Waals surface area (Å²) in [5, 5.41) is 16.3.